The summed E-state index contributed by atoms with van der Waals surface area (Å²) in [5.41, 5.74) is 2.20. The molecule has 1 amide bonds. The Morgan fingerprint density at radius 2 is 1.88 bits per heavy atom. The Hall–Kier alpha value is -2.53. The maximum atomic E-state index is 12.2. The number of hydrogen-bond acceptors (Lipinski definition) is 4. The Morgan fingerprint density at radius 3 is 2.58 bits per heavy atom. The first-order valence-electron chi connectivity index (χ1n) is 7.35. The van der Waals surface area contributed by atoms with Crippen LogP contribution in [0.3, 0.4) is 0 Å². The van der Waals surface area contributed by atoms with E-state index in [9.17, 15) is 14.7 Å². The summed E-state index contributed by atoms with van der Waals surface area (Å²) in [5.74, 6) is -1.44. The predicted octanol–water partition coefficient (Wildman–Crippen LogP) is 3.85. The highest BCUT2D eigenvalue weighted by molar-refractivity contribution is 6.31. The molecule has 0 aliphatic heterocycles. The Kier molecular flexibility index (Phi) is 5.46. The number of hydrogen-bond donors (Lipinski definition) is 2. The van der Waals surface area contributed by atoms with E-state index in [0.717, 1.165) is 11.1 Å². The second-order valence-corrected chi connectivity index (χ2v) is 5.95. The first-order valence-corrected chi connectivity index (χ1v) is 7.73. The van der Waals surface area contributed by atoms with Crippen LogP contribution in [0.15, 0.2) is 36.4 Å². The molecule has 2 N–H and O–H groups in total. The molecule has 5 nitrogen and oxygen atoms in total. The Morgan fingerprint density at radius 1 is 1.17 bits per heavy atom. The van der Waals surface area contributed by atoms with E-state index in [1.807, 2.05) is 6.92 Å². The molecule has 0 aliphatic rings. The number of carbonyl (C=O) groups is 2. The van der Waals surface area contributed by atoms with Crippen LogP contribution in [-0.2, 0) is 9.53 Å². The van der Waals surface area contributed by atoms with Crippen molar-refractivity contribution >= 4 is 29.2 Å². The molecule has 0 unspecified atom stereocenters. The molecule has 0 radical (unpaired) electrons. The Balaban J connectivity index is 2.07. The number of rotatable bonds is 4. The lowest BCUT2D eigenvalue weighted by atomic mass is 10.1. The molecule has 0 heterocycles. The van der Waals surface area contributed by atoms with Gasteiger partial charge in [0.25, 0.3) is 5.91 Å². The van der Waals surface area contributed by atoms with Gasteiger partial charge in [0.05, 0.1) is 0 Å². The third kappa shape index (κ3) is 4.26. The van der Waals surface area contributed by atoms with Crippen LogP contribution in [0.1, 0.15) is 28.4 Å². The first-order chi connectivity index (χ1) is 11.3. The summed E-state index contributed by atoms with van der Waals surface area (Å²) >= 11 is 5.91. The van der Waals surface area contributed by atoms with Gasteiger partial charge in [-0.3, -0.25) is 4.79 Å². The summed E-state index contributed by atoms with van der Waals surface area (Å²) in [6.45, 7) is 5.07. The van der Waals surface area contributed by atoms with Crippen molar-refractivity contribution in [2.24, 2.45) is 0 Å². The van der Waals surface area contributed by atoms with E-state index in [2.05, 4.69) is 5.32 Å². The molecule has 6 heteroatoms. The third-order valence-corrected chi connectivity index (χ3v) is 3.72. The second-order valence-electron chi connectivity index (χ2n) is 5.52. The van der Waals surface area contributed by atoms with E-state index in [1.165, 1.54) is 19.1 Å². The number of esters is 1. The summed E-state index contributed by atoms with van der Waals surface area (Å²) in [4.78, 5) is 24.3. The summed E-state index contributed by atoms with van der Waals surface area (Å²) in [5, 5.41) is 12.9. The zero-order valence-corrected chi connectivity index (χ0v) is 14.3. The molecule has 0 aliphatic carbocycles. The molecule has 2 aromatic carbocycles. The number of aromatic hydroxyl groups is 1. The monoisotopic (exact) mass is 347 g/mol. The van der Waals surface area contributed by atoms with Crippen LogP contribution in [0.5, 0.6) is 5.75 Å². The molecule has 0 saturated heterocycles. The number of ether oxygens (including phenoxy) is 1. The van der Waals surface area contributed by atoms with Crippen LogP contribution in [0.2, 0.25) is 5.02 Å². The van der Waals surface area contributed by atoms with Gasteiger partial charge in [-0.1, -0.05) is 29.3 Å². The van der Waals surface area contributed by atoms with E-state index >= 15 is 0 Å². The average Bonchev–Trinajstić information content (AvgIpc) is 2.53. The van der Waals surface area contributed by atoms with Gasteiger partial charge in [0, 0.05) is 10.7 Å². The minimum absolute atomic E-state index is 0.0218. The normalized spacial score (nSPS) is 11.7. The zero-order chi connectivity index (χ0) is 17.9. The topological polar surface area (TPSA) is 75.6 Å². The van der Waals surface area contributed by atoms with Gasteiger partial charge in [-0.05, 0) is 50.6 Å². The Labute approximate surface area is 145 Å². The lowest BCUT2D eigenvalue weighted by Gasteiger charge is -2.15. The van der Waals surface area contributed by atoms with Crippen molar-refractivity contribution in [3.8, 4) is 5.75 Å². The van der Waals surface area contributed by atoms with Gasteiger partial charge in [-0.15, -0.1) is 0 Å². The van der Waals surface area contributed by atoms with Gasteiger partial charge in [0.2, 0.25) is 0 Å². The van der Waals surface area contributed by atoms with E-state index in [1.54, 1.807) is 31.2 Å². The number of phenols is 1. The van der Waals surface area contributed by atoms with Gasteiger partial charge in [-0.25, -0.2) is 4.79 Å². The molecule has 0 fully saturated rings. The minimum atomic E-state index is -1.03. The smallest absolute Gasteiger partial charge is 0.342 e. The fourth-order valence-electron chi connectivity index (χ4n) is 2.05. The lowest BCUT2D eigenvalue weighted by Crippen LogP contribution is -2.30. The minimum Gasteiger partial charge on any atom is -0.507 e. The van der Waals surface area contributed by atoms with Gasteiger partial charge in [0.1, 0.15) is 11.3 Å². The van der Waals surface area contributed by atoms with Crippen LogP contribution < -0.4 is 5.32 Å². The summed E-state index contributed by atoms with van der Waals surface area (Å²) in [6.07, 6.45) is -1.03. The fourth-order valence-corrected chi connectivity index (χ4v) is 2.23. The SMILES string of the molecule is Cc1ccc(O)c(C(=O)O[C@H](C)C(=O)Nc2cc(Cl)ccc2C)c1. The van der Waals surface area contributed by atoms with Gasteiger partial charge >= 0.3 is 5.97 Å². The Bertz CT molecular complexity index is 789. The largest absolute Gasteiger partial charge is 0.507 e. The van der Waals surface area contributed by atoms with E-state index in [-0.39, 0.29) is 11.3 Å². The average molecular weight is 348 g/mol. The van der Waals surface area contributed by atoms with Crippen LogP contribution in [0.4, 0.5) is 5.69 Å². The molecule has 1 atom stereocenters. The second kappa shape index (κ2) is 7.36. The summed E-state index contributed by atoms with van der Waals surface area (Å²) in [6, 6.07) is 9.70. The molecular weight excluding hydrogens is 330 g/mol. The molecule has 0 saturated carbocycles. The molecule has 126 valence electrons. The van der Waals surface area contributed by atoms with Gasteiger partial charge in [-0.2, -0.15) is 0 Å². The number of carbonyl (C=O) groups excluding carboxylic acids is 2. The van der Waals surface area contributed by atoms with Crippen molar-refractivity contribution in [2.75, 3.05) is 5.32 Å². The fraction of sp³-hybridized carbons (Fsp3) is 0.222. The van der Waals surface area contributed by atoms with Crippen molar-refractivity contribution < 1.29 is 19.4 Å². The lowest BCUT2D eigenvalue weighted by molar-refractivity contribution is -0.123. The van der Waals surface area contributed by atoms with Crippen molar-refractivity contribution in [1.82, 2.24) is 0 Å². The van der Waals surface area contributed by atoms with E-state index < -0.39 is 18.0 Å². The molecule has 24 heavy (non-hydrogen) atoms. The maximum Gasteiger partial charge on any atom is 0.342 e. The number of benzene rings is 2. The highest BCUT2D eigenvalue weighted by atomic mass is 35.5. The van der Waals surface area contributed by atoms with Crippen molar-refractivity contribution in [2.45, 2.75) is 26.9 Å². The summed E-state index contributed by atoms with van der Waals surface area (Å²) in [7, 11) is 0. The van der Waals surface area contributed by atoms with Crippen LogP contribution >= 0.6 is 11.6 Å². The number of phenolic OH excluding ortho intramolecular Hbond substituents is 1. The number of halogens is 1. The molecule has 0 bridgehead atoms. The van der Waals surface area contributed by atoms with Crippen molar-refractivity contribution in [3.05, 3.63) is 58.1 Å². The molecule has 2 aromatic rings. The molecule has 0 aromatic heterocycles. The predicted molar refractivity (Wildman–Crippen MR) is 92.5 cm³/mol. The highest BCUT2D eigenvalue weighted by Crippen LogP contribution is 2.22. The molecule has 2 rings (SSSR count). The number of anilines is 1. The standard InChI is InChI=1S/C18H18ClNO4/c1-10-4-7-16(21)14(8-10)18(23)24-12(3)17(22)20-15-9-13(19)6-5-11(15)2/h4-9,12,21H,1-3H3,(H,20,22)/t12-/m1/s1. The third-order valence-electron chi connectivity index (χ3n) is 3.48. The van der Waals surface area contributed by atoms with E-state index in [4.69, 9.17) is 16.3 Å². The van der Waals surface area contributed by atoms with Crippen LogP contribution in [-0.4, -0.2) is 23.1 Å². The van der Waals surface area contributed by atoms with Gasteiger partial charge < -0.3 is 15.2 Å². The van der Waals surface area contributed by atoms with Crippen molar-refractivity contribution in [3.63, 3.8) is 0 Å². The first kappa shape index (κ1) is 17.8. The molecular formula is C18H18ClNO4. The zero-order valence-electron chi connectivity index (χ0n) is 13.6. The van der Waals surface area contributed by atoms with Crippen molar-refractivity contribution in [1.29, 1.82) is 0 Å². The summed E-state index contributed by atoms with van der Waals surface area (Å²) < 4.78 is 5.13. The number of amides is 1. The maximum absolute atomic E-state index is 12.2. The van der Waals surface area contributed by atoms with Crippen LogP contribution in [0.25, 0.3) is 0 Å². The van der Waals surface area contributed by atoms with E-state index in [0.29, 0.717) is 10.7 Å². The quantitative estimate of drug-likeness (QED) is 0.824. The molecule has 0 spiro atoms. The number of nitrogens with one attached hydrogen (secondary N) is 1. The van der Waals surface area contributed by atoms with Gasteiger partial charge in [0.15, 0.2) is 6.10 Å². The number of aryl methyl sites for hydroxylation is 2. The highest BCUT2D eigenvalue weighted by Gasteiger charge is 2.21. The van der Waals surface area contributed by atoms with Crippen LogP contribution in [0, 0.1) is 13.8 Å².